The first kappa shape index (κ1) is 23.6. The van der Waals surface area contributed by atoms with E-state index in [4.69, 9.17) is 18.9 Å². The van der Waals surface area contributed by atoms with Crippen LogP contribution < -0.4 is 0 Å². The van der Waals surface area contributed by atoms with Gasteiger partial charge in [-0.25, -0.2) is 0 Å². The number of benzene rings is 3. The summed E-state index contributed by atoms with van der Waals surface area (Å²) in [5, 5.41) is 20.8. The van der Waals surface area contributed by atoms with Gasteiger partial charge in [-0.3, -0.25) is 0 Å². The molecule has 0 amide bonds. The second-order valence-electron chi connectivity index (χ2n) is 8.04. The van der Waals surface area contributed by atoms with Gasteiger partial charge in [0.05, 0.1) is 26.4 Å². The summed E-state index contributed by atoms with van der Waals surface area (Å²) in [4.78, 5) is 0. The van der Waals surface area contributed by atoms with Crippen molar-refractivity contribution in [3.63, 3.8) is 0 Å². The molecular weight excluding hydrogens is 420 g/mol. The van der Waals surface area contributed by atoms with E-state index in [2.05, 4.69) is 0 Å². The summed E-state index contributed by atoms with van der Waals surface area (Å²) in [6.07, 6.45) is -4.19. The van der Waals surface area contributed by atoms with E-state index in [0.717, 1.165) is 16.7 Å². The van der Waals surface area contributed by atoms with E-state index in [-0.39, 0.29) is 13.2 Å². The maximum Gasteiger partial charge on any atom is 0.187 e. The molecule has 174 valence electrons. The summed E-state index contributed by atoms with van der Waals surface area (Å²) in [6.45, 7) is 0.540. The fourth-order valence-corrected chi connectivity index (χ4v) is 3.83. The molecule has 2 unspecified atom stereocenters. The lowest BCUT2D eigenvalue weighted by molar-refractivity contribution is -0.322. The molecule has 0 radical (unpaired) electrons. The van der Waals surface area contributed by atoms with Crippen LogP contribution in [0.4, 0.5) is 0 Å². The SMILES string of the molecule is OCC1O[C@@H](OCc2ccccc2)C(OCc2ccccc2)[C@@H](OCc2ccccc2)[C@H]1O. The average molecular weight is 451 g/mol. The number of hydrogen-bond acceptors (Lipinski definition) is 6. The highest BCUT2D eigenvalue weighted by Crippen LogP contribution is 2.29. The van der Waals surface area contributed by atoms with Crippen LogP contribution in [-0.2, 0) is 38.8 Å². The minimum atomic E-state index is -1.07. The van der Waals surface area contributed by atoms with Crippen molar-refractivity contribution >= 4 is 0 Å². The molecule has 3 aromatic rings. The van der Waals surface area contributed by atoms with Crippen LogP contribution in [0.1, 0.15) is 16.7 Å². The highest BCUT2D eigenvalue weighted by Gasteiger charge is 2.47. The quantitative estimate of drug-likeness (QED) is 0.493. The monoisotopic (exact) mass is 450 g/mol. The molecule has 3 aromatic carbocycles. The van der Waals surface area contributed by atoms with E-state index in [1.54, 1.807) is 0 Å². The number of aliphatic hydroxyl groups excluding tert-OH is 2. The van der Waals surface area contributed by atoms with Crippen LogP contribution in [-0.4, -0.2) is 47.5 Å². The Balaban J connectivity index is 1.52. The first-order valence-electron chi connectivity index (χ1n) is 11.2. The summed E-state index contributed by atoms with van der Waals surface area (Å²) in [6, 6.07) is 29.2. The lowest BCUT2D eigenvalue weighted by Gasteiger charge is -2.43. The van der Waals surface area contributed by atoms with E-state index >= 15 is 0 Å². The standard InChI is InChI=1S/C27H30O6/c28-16-23-24(29)25(30-17-20-10-4-1-5-11-20)26(31-18-21-12-6-2-7-13-21)27(33-23)32-19-22-14-8-3-9-15-22/h1-15,23-29H,16-19H2/t23?,24-,25-,26?,27+/m0/s1. The van der Waals surface area contributed by atoms with Crippen molar-refractivity contribution in [2.45, 2.75) is 50.5 Å². The Kier molecular flexibility index (Phi) is 8.60. The predicted molar refractivity (Wildman–Crippen MR) is 123 cm³/mol. The molecule has 0 saturated carbocycles. The third kappa shape index (κ3) is 6.48. The summed E-state index contributed by atoms with van der Waals surface area (Å²) in [5.41, 5.74) is 2.94. The average Bonchev–Trinajstić information content (AvgIpc) is 2.88. The highest BCUT2D eigenvalue weighted by atomic mass is 16.7. The smallest absolute Gasteiger partial charge is 0.187 e. The first-order valence-corrected chi connectivity index (χ1v) is 11.2. The van der Waals surface area contributed by atoms with Crippen LogP contribution in [0.25, 0.3) is 0 Å². The second-order valence-corrected chi connectivity index (χ2v) is 8.04. The molecule has 4 rings (SSSR count). The lowest BCUT2D eigenvalue weighted by Crippen LogP contribution is -2.60. The Labute approximate surface area is 194 Å². The van der Waals surface area contributed by atoms with Gasteiger partial charge in [-0.15, -0.1) is 0 Å². The fourth-order valence-electron chi connectivity index (χ4n) is 3.83. The van der Waals surface area contributed by atoms with Crippen LogP contribution in [0.5, 0.6) is 0 Å². The Hall–Kier alpha value is -2.58. The maximum absolute atomic E-state index is 10.9. The second kappa shape index (κ2) is 12.0. The minimum Gasteiger partial charge on any atom is -0.394 e. The molecule has 1 aliphatic rings. The zero-order valence-electron chi connectivity index (χ0n) is 18.4. The van der Waals surface area contributed by atoms with E-state index in [9.17, 15) is 10.2 Å². The van der Waals surface area contributed by atoms with Crippen LogP contribution >= 0.6 is 0 Å². The number of aliphatic hydroxyl groups is 2. The van der Waals surface area contributed by atoms with E-state index in [0.29, 0.717) is 13.2 Å². The van der Waals surface area contributed by atoms with Crippen LogP contribution in [0.2, 0.25) is 0 Å². The van der Waals surface area contributed by atoms with Gasteiger partial charge in [-0.2, -0.15) is 0 Å². The Morgan fingerprint density at radius 1 is 0.606 bits per heavy atom. The zero-order chi connectivity index (χ0) is 22.9. The van der Waals surface area contributed by atoms with Crippen molar-refractivity contribution in [1.82, 2.24) is 0 Å². The van der Waals surface area contributed by atoms with Crippen molar-refractivity contribution in [1.29, 1.82) is 0 Å². The Morgan fingerprint density at radius 3 is 1.48 bits per heavy atom. The third-order valence-electron chi connectivity index (χ3n) is 5.63. The molecule has 6 heteroatoms. The van der Waals surface area contributed by atoms with Crippen LogP contribution in [0.15, 0.2) is 91.0 Å². The molecule has 1 fully saturated rings. The molecule has 5 atom stereocenters. The van der Waals surface area contributed by atoms with Gasteiger partial charge < -0.3 is 29.2 Å². The van der Waals surface area contributed by atoms with Gasteiger partial charge in [0.15, 0.2) is 6.29 Å². The maximum atomic E-state index is 10.9. The van der Waals surface area contributed by atoms with Crippen molar-refractivity contribution in [2.75, 3.05) is 6.61 Å². The molecule has 33 heavy (non-hydrogen) atoms. The highest BCUT2D eigenvalue weighted by molar-refractivity contribution is 5.15. The van der Waals surface area contributed by atoms with Crippen molar-refractivity contribution in [3.8, 4) is 0 Å². The largest absolute Gasteiger partial charge is 0.394 e. The van der Waals surface area contributed by atoms with Crippen LogP contribution in [0.3, 0.4) is 0 Å². The predicted octanol–water partition coefficient (Wildman–Crippen LogP) is 3.45. The van der Waals surface area contributed by atoms with E-state index in [1.807, 2.05) is 91.0 Å². The van der Waals surface area contributed by atoms with Gasteiger partial charge >= 0.3 is 0 Å². The lowest BCUT2D eigenvalue weighted by atomic mass is 9.98. The van der Waals surface area contributed by atoms with E-state index < -0.39 is 30.7 Å². The van der Waals surface area contributed by atoms with Gasteiger partial charge in [0.2, 0.25) is 0 Å². The first-order chi connectivity index (χ1) is 16.2. The summed E-state index contributed by atoms with van der Waals surface area (Å²) in [7, 11) is 0. The Morgan fingerprint density at radius 2 is 1.03 bits per heavy atom. The van der Waals surface area contributed by atoms with Gasteiger partial charge in [-0.1, -0.05) is 91.0 Å². The topological polar surface area (TPSA) is 77.4 Å². The van der Waals surface area contributed by atoms with Gasteiger partial charge in [0.25, 0.3) is 0 Å². The summed E-state index contributed by atoms with van der Waals surface area (Å²) >= 11 is 0. The molecule has 0 aliphatic carbocycles. The van der Waals surface area contributed by atoms with Crippen molar-refractivity contribution < 1.29 is 29.2 Å². The molecule has 1 aliphatic heterocycles. The molecular formula is C27H30O6. The number of hydrogen-bond donors (Lipinski definition) is 2. The van der Waals surface area contributed by atoms with Crippen molar-refractivity contribution in [2.24, 2.45) is 0 Å². The summed E-state index contributed by atoms with van der Waals surface area (Å²) < 4.78 is 24.4. The molecule has 0 spiro atoms. The molecule has 6 nitrogen and oxygen atoms in total. The molecule has 1 heterocycles. The fraction of sp³-hybridized carbons (Fsp3) is 0.333. The molecule has 2 N–H and O–H groups in total. The Bertz CT molecular complexity index is 937. The zero-order valence-corrected chi connectivity index (χ0v) is 18.4. The van der Waals surface area contributed by atoms with Gasteiger partial charge in [-0.05, 0) is 16.7 Å². The van der Waals surface area contributed by atoms with Crippen LogP contribution in [0, 0.1) is 0 Å². The minimum absolute atomic E-state index is 0.289. The van der Waals surface area contributed by atoms with Gasteiger partial charge in [0, 0.05) is 0 Å². The number of ether oxygens (including phenoxy) is 4. The molecule has 1 saturated heterocycles. The molecule has 0 aromatic heterocycles. The van der Waals surface area contributed by atoms with E-state index in [1.165, 1.54) is 0 Å². The normalized spacial score (nSPS) is 25.1. The number of rotatable bonds is 10. The third-order valence-corrected chi connectivity index (χ3v) is 5.63. The van der Waals surface area contributed by atoms with Crippen molar-refractivity contribution in [3.05, 3.63) is 108 Å². The van der Waals surface area contributed by atoms with Gasteiger partial charge in [0.1, 0.15) is 24.4 Å². The summed E-state index contributed by atoms with van der Waals surface area (Å²) in [5.74, 6) is 0. The molecule has 0 bridgehead atoms.